The molecule has 0 amide bonds. The molecule has 0 saturated carbocycles. The molecule has 51 heavy (non-hydrogen) atoms. The van der Waals surface area contributed by atoms with E-state index in [2.05, 4.69) is 204 Å². The van der Waals surface area contributed by atoms with E-state index in [1.54, 1.807) is 0 Å². The number of allylic oxidation sites excluding steroid dienone is 4. The third-order valence-electron chi connectivity index (χ3n) is 10.8. The van der Waals surface area contributed by atoms with Crippen LogP contribution in [-0.2, 0) is 0 Å². The molecule has 2 heterocycles. The van der Waals surface area contributed by atoms with Crippen molar-refractivity contribution in [3.05, 3.63) is 199 Å². The molecule has 2 unspecified atom stereocenters. The van der Waals surface area contributed by atoms with Crippen molar-refractivity contribution in [3.63, 3.8) is 0 Å². The number of benzene rings is 7. The SMILES string of the molecule is CC1C=CC=C2C1c1ccccc1N2c1ccc(-c2ccc3c(c2)c2ccccc2n3-c2cc(-c3ccccc3)cc(-c3ccccc3)c2)cc1. The lowest BCUT2D eigenvalue weighted by Gasteiger charge is -2.27. The Kier molecular flexibility index (Phi) is 6.89. The Balaban J connectivity index is 1.08. The molecule has 242 valence electrons. The molecule has 0 bridgehead atoms. The van der Waals surface area contributed by atoms with E-state index in [1.807, 2.05) is 0 Å². The molecule has 0 saturated heterocycles. The van der Waals surface area contributed by atoms with Crippen molar-refractivity contribution in [1.29, 1.82) is 0 Å². The van der Waals surface area contributed by atoms with Crippen LogP contribution in [0.25, 0.3) is 60.9 Å². The second-order valence-corrected chi connectivity index (χ2v) is 13.8. The average Bonchev–Trinajstić information content (AvgIpc) is 3.72. The normalized spacial score (nSPS) is 16.3. The Morgan fingerprint density at radius 1 is 0.451 bits per heavy atom. The molecule has 8 aromatic rings. The first-order chi connectivity index (χ1) is 25.2. The number of hydrogen-bond acceptors (Lipinski definition) is 1. The second-order valence-electron chi connectivity index (χ2n) is 13.8. The minimum absolute atomic E-state index is 0.391. The van der Waals surface area contributed by atoms with Crippen molar-refractivity contribution in [3.8, 4) is 39.1 Å². The van der Waals surface area contributed by atoms with Crippen LogP contribution in [0, 0.1) is 5.92 Å². The Morgan fingerprint density at radius 3 is 1.80 bits per heavy atom. The molecule has 7 aromatic carbocycles. The van der Waals surface area contributed by atoms with Gasteiger partial charge < -0.3 is 9.47 Å². The minimum atomic E-state index is 0.391. The quantitative estimate of drug-likeness (QED) is 0.180. The molecule has 10 rings (SSSR count). The summed E-state index contributed by atoms with van der Waals surface area (Å²) in [5, 5.41) is 2.51. The molecule has 1 aliphatic heterocycles. The van der Waals surface area contributed by atoms with Gasteiger partial charge in [0.25, 0.3) is 0 Å². The lowest BCUT2D eigenvalue weighted by atomic mass is 9.84. The average molecular weight is 653 g/mol. The highest BCUT2D eigenvalue weighted by Crippen LogP contribution is 2.52. The van der Waals surface area contributed by atoms with Crippen molar-refractivity contribution in [2.24, 2.45) is 5.92 Å². The zero-order valence-electron chi connectivity index (χ0n) is 28.4. The molecule has 0 spiro atoms. The largest absolute Gasteiger partial charge is 0.313 e. The van der Waals surface area contributed by atoms with Crippen molar-refractivity contribution in [2.45, 2.75) is 12.8 Å². The summed E-state index contributed by atoms with van der Waals surface area (Å²) in [5.41, 5.74) is 16.1. The molecule has 0 N–H and O–H groups in total. The van der Waals surface area contributed by atoms with Crippen molar-refractivity contribution >= 4 is 33.2 Å². The maximum absolute atomic E-state index is 2.45. The summed E-state index contributed by atoms with van der Waals surface area (Å²) >= 11 is 0. The zero-order chi connectivity index (χ0) is 33.9. The smallest absolute Gasteiger partial charge is 0.0541 e. The van der Waals surface area contributed by atoms with Crippen molar-refractivity contribution in [1.82, 2.24) is 4.57 Å². The van der Waals surface area contributed by atoms with E-state index in [1.165, 1.54) is 77.8 Å². The summed E-state index contributed by atoms with van der Waals surface area (Å²) in [6.07, 6.45) is 6.84. The van der Waals surface area contributed by atoms with Crippen LogP contribution < -0.4 is 4.90 Å². The predicted octanol–water partition coefficient (Wildman–Crippen LogP) is 13.1. The van der Waals surface area contributed by atoms with Gasteiger partial charge in [0, 0.05) is 39.4 Å². The van der Waals surface area contributed by atoms with E-state index < -0.39 is 0 Å². The van der Waals surface area contributed by atoms with Crippen LogP contribution in [0.15, 0.2) is 194 Å². The second kappa shape index (κ2) is 11.9. The van der Waals surface area contributed by atoms with Gasteiger partial charge in [0.15, 0.2) is 0 Å². The van der Waals surface area contributed by atoms with Crippen LogP contribution in [0.3, 0.4) is 0 Å². The van der Waals surface area contributed by atoms with Crippen molar-refractivity contribution in [2.75, 3.05) is 4.90 Å². The lowest BCUT2D eigenvalue weighted by molar-refractivity contribution is 0.618. The van der Waals surface area contributed by atoms with Crippen LogP contribution in [-0.4, -0.2) is 4.57 Å². The zero-order valence-corrected chi connectivity index (χ0v) is 28.4. The molecule has 2 atom stereocenters. The highest BCUT2D eigenvalue weighted by molar-refractivity contribution is 6.10. The van der Waals surface area contributed by atoms with Gasteiger partial charge in [-0.1, -0.05) is 134 Å². The van der Waals surface area contributed by atoms with E-state index in [4.69, 9.17) is 0 Å². The first kappa shape index (κ1) is 29.5. The van der Waals surface area contributed by atoms with Gasteiger partial charge in [-0.15, -0.1) is 0 Å². The standard InChI is InChI=1S/C49H36N2/c1-33-13-12-22-48-49(33)43-19-9-11-21-46(43)50(48)40-26-23-36(24-27-40)37-25-28-47-44(32-37)42-18-8-10-20-45(42)51(47)41-30-38(34-14-4-2-5-15-34)29-39(31-41)35-16-6-3-7-17-35/h2-33,49H,1H3. The number of anilines is 2. The fourth-order valence-electron chi connectivity index (χ4n) is 8.42. The molecule has 2 nitrogen and oxygen atoms in total. The van der Waals surface area contributed by atoms with E-state index in [0.717, 1.165) is 5.69 Å². The van der Waals surface area contributed by atoms with Gasteiger partial charge >= 0.3 is 0 Å². The highest BCUT2D eigenvalue weighted by atomic mass is 15.2. The molecule has 0 radical (unpaired) electrons. The molecule has 0 fully saturated rings. The number of nitrogens with zero attached hydrogens (tertiary/aromatic N) is 2. The number of rotatable bonds is 5. The van der Waals surface area contributed by atoms with Gasteiger partial charge in [0.1, 0.15) is 0 Å². The van der Waals surface area contributed by atoms with E-state index in [0.29, 0.717) is 11.8 Å². The van der Waals surface area contributed by atoms with Gasteiger partial charge in [-0.25, -0.2) is 0 Å². The fourth-order valence-corrected chi connectivity index (χ4v) is 8.42. The van der Waals surface area contributed by atoms with Gasteiger partial charge in [0.05, 0.1) is 11.0 Å². The van der Waals surface area contributed by atoms with Crippen LogP contribution in [0.4, 0.5) is 11.4 Å². The number of para-hydroxylation sites is 2. The van der Waals surface area contributed by atoms with E-state index in [9.17, 15) is 0 Å². The predicted molar refractivity (Wildman–Crippen MR) is 215 cm³/mol. The lowest BCUT2D eigenvalue weighted by Crippen LogP contribution is -2.18. The maximum Gasteiger partial charge on any atom is 0.0541 e. The topological polar surface area (TPSA) is 8.17 Å². The summed E-state index contributed by atoms with van der Waals surface area (Å²) in [4.78, 5) is 2.45. The highest BCUT2D eigenvalue weighted by Gasteiger charge is 2.37. The van der Waals surface area contributed by atoms with Crippen LogP contribution in [0.1, 0.15) is 18.4 Å². The third kappa shape index (κ3) is 4.87. The molecule has 1 aliphatic carbocycles. The molecule has 2 heteroatoms. The number of hydrogen-bond donors (Lipinski definition) is 0. The molecular weight excluding hydrogens is 617 g/mol. The monoisotopic (exact) mass is 652 g/mol. The van der Waals surface area contributed by atoms with Gasteiger partial charge in [0.2, 0.25) is 0 Å². The minimum Gasteiger partial charge on any atom is -0.313 e. The molecule has 1 aromatic heterocycles. The molecular formula is C49H36N2. The summed E-state index contributed by atoms with van der Waals surface area (Å²) in [6.45, 7) is 2.33. The first-order valence-corrected chi connectivity index (χ1v) is 17.9. The van der Waals surface area contributed by atoms with Crippen LogP contribution >= 0.6 is 0 Å². The number of aromatic nitrogens is 1. The first-order valence-electron chi connectivity index (χ1n) is 17.9. The van der Waals surface area contributed by atoms with E-state index >= 15 is 0 Å². The number of fused-ring (bicyclic) bond motifs is 6. The Labute approximate surface area is 298 Å². The summed E-state index contributed by atoms with van der Waals surface area (Å²) in [6, 6.07) is 62.2. The summed E-state index contributed by atoms with van der Waals surface area (Å²) in [7, 11) is 0. The maximum atomic E-state index is 2.45. The van der Waals surface area contributed by atoms with E-state index in [-0.39, 0.29) is 0 Å². The summed E-state index contributed by atoms with van der Waals surface area (Å²) < 4.78 is 2.44. The molecule has 2 aliphatic rings. The van der Waals surface area contributed by atoms with Gasteiger partial charge in [-0.05, 0) is 106 Å². The Hall–Kier alpha value is -6.38. The van der Waals surface area contributed by atoms with Crippen LogP contribution in [0.2, 0.25) is 0 Å². The third-order valence-corrected chi connectivity index (χ3v) is 10.8. The van der Waals surface area contributed by atoms with Gasteiger partial charge in [-0.3, -0.25) is 0 Å². The fraction of sp³-hybridized carbons (Fsp3) is 0.0612. The Morgan fingerprint density at radius 2 is 1.06 bits per heavy atom. The Bertz CT molecular complexity index is 2580. The van der Waals surface area contributed by atoms with Gasteiger partial charge in [-0.2, -0.15) is 0 Å². The van der Waals surface area contributed by atoms with Crippen molar-refractivity contribution < 1.29 is 0 Å². The van der Waals surface area contributed by atoms with Crippen LogP contribution in [0.5, 0.6) is 0 Å². The summed E-state index contributed by atoms with van der Waals surface area (Å²) in [5.74, 6) is 0.859.